The van der Waals surface area contributed by atoms with Gasteiger partial charge in [0.1, 0.15) is 6.04 Å². The molecular formula is C26H30N4O3. The van der Waals surface area contributed by atoms with Crippen LogP contribution in [0.2, 0.25) is 0 Å². The largest absolute Gasteiger partial charge is 0.361 e. The lowest BCUT2D eigenvalue weighted by Gasteiger charge is -2.15. The molecule has 3 aromatic rings. The Labute approximate surface area is 193 Å². The van der Waals surface area contributed by atoms with Gasteiger partial charge in [0, 0.05) is 36.1 Å². The Morgan fingerprint density at radius 3 is 2.64 bits per heavy atom. The number of carbonyl (C=O) groups excluding carboxylic acids is 3. The molecule has 0 bridgehead atoms. The fourth-order valence-corrected chi connectivity index (χ4v) is 4.28. The van der Waals surface area contributed by atoms with E-state index in [1.165, 1.54) is 10.5 Å². The third kappa shape index (κ3) is 5.61. The molecule has 4 amide bonds. The maximum Gasteiger partial charge on any atom is 0.324 e. The van der Waals surface area contributed by atoms with E-state index in [1.807, 2.05) is 55.6 Å². The van der Waals surface area contributed by atoms with Gasteiger partial charge in [-0.25, -0.2) is 4.79 Å². The van der Waals surface area contributed by atoms with E-state index in [9.17, 15) is 14.4 Å². The van der Waals surface area contributed by atoms with Gasteiger partial charge in [-0.3, -0.25) is 14.5 Å². The summed E-state index contributed by atoms with van der Waals surface area (Å²) in [6.07, 6.45) is 4.73. The van der Waals surface area contributed by atoms with Crippen molar-refractivity contribution in [1.29, 1.82) is 0 Å². The topological polar surface area (TPSA) is 94.3 Å². The molecule has 4 rings (SSSR count). The molecule has 0 unspecified atom stereocenters. The summed E-state index contributed by atoms with van der Waals surface area (Å²) in [5.41, 5.74) is 3.34. The number of rotatable bonds is 10. The van der Waals surface area contributed by atoms with Crippen LogP contribution in [0.1, 0.15) is 37.3 Å². The van der Waals surface area contributed by atoms with Gasteiger partial charge in [0.15, 0.2) is 0 Å². The number of aromatic nitrogens is 1. The second-order valence-corrected chi connectivity index (χ2v) is 8.63. The molecule has 1 fully saturated rings. The van der Waals surface area contributed by atoms with E-state index in [-0.39, 0.29) is 30.3 Å². The van der Waals surface area contributed by atoms with E-state index < -0.39 is 6.04 Å². The average Bonchev–Trinajstić information content (AvgIpc) is 3.35. The van der Waals surface area contributed by atoms with E-state index >= 15 is 0 Å². The number of benzene rings is 2. The fraction of sp³-hybridized carbons (Fsp3) is 0.346. The summed E-state index contributed by atoms with van der Waals surface area (Å²) in [6.45, 7) is 2.29. The van der Waals surface area contributed by atoms with Gasteiger partial charge in [-0.15, -0.1) is 0 Å². The van der Waals surface area contributed by atoms with Crippen LogP contribution >= 0.6 is 0 Å². The van der Waals surface area contributed by atoms with Crippen LogP contribution in [-0.4, -0.2) is 46.4 Å². The van der Waals surface area contributed by atoms with Crippen molar-refractivity contribution in [2.75, 3.05) is 6.54 Å². The van der Waals surface area contributed by atoms with Crippen molar-refractivity contribution in [2.45, 2.75) is 51.1 Å². The SMILES string of the molecule is C[C@H](CCc1ccccc1)NC(=O)CC[C@@H]1NC(=O)N(CCc2c[nH]c3ccccc23)C1=O. The number of hydrogen-bond donors (Lipinski definition) is 3. The molecule has 1 aliphatic rings. The van der Waals surface area contributed by atoms with Gasteiger partial charge >= 0.3 is 6.03 Å². The molecule has 0 aliphatic carbocycles. The van der Waals surface area contributed by atoms with Crippen molar-refractivity contribution < 1.29 is 14.4 Å². The number of carbonyl (C=O) groups is 3. The minimum absolute atomic E-state index is 0.0410. The average molecular weight is 447 g/mol. The summed E-state index contributed by atoms with van der Waals surface area (Å²) < 4.78 is 0. The molecule has 7 nitrogen and oxygen atoms in total. The Morgan fingerprint density at radius 1 is 1.06 bits per heavy atom. The van der Waals surface area contributed by atoms with Crippen LogP contribution < -0.4 is 10.6 Å². The molecule has 172 valence electrons. The van der Waals surface area contributed by atoms with Crippen LogP contribution in [0.25, 0.3) is 10.9 Å². The van der Waals surface area contributed by atoms with Gasteiger partial charge in [0.2, 0.25) is 5.91 Å². The highest BCUT2D eigenvalue weighted by Crippen LogP contribution is 2.19. The van der Waals surface area contributed by atoms with Crippen molar-refractivity contribution in [2.24, 2.45) is 0 Å². The number of nitrogens with one attached hydrogen (secondary N) is 3. The first kappa shape index (κ1) is 22.6. The van der Waals surface area contributed by atoms with E-state index in [2.05, 4.69) is 27.8 Å². The summed E-state index contributed by atoms with van der Waals surface area (Å²) in [7, 11) is 0. The molecule has 3 N–H and O–H groups in total. The highest BCUT2D eigenvalue weighted by Gasteiger charge is 2.37. The predicted octanol–water partition coefficient (Wildman–Crippen LogP) is 3.55. The Bertz CT molecular complexity index is 1120. The van der Waals surface area contributed by atoms with E-state index in [0.29, 0.717) is 19.4 Å². The third-order valence-electron chi connectivity index (χ3n) is 6.16. The van der Waals surface area contributed by atoms with Crippen LogP contribution in [0, 0.1) is 0 Å². The second kappa shape index (κ2) is 10.3. The second-order valence-electron chi connectivity index (χ2n) is 8.63. The van der Waals surface area contributed by atoms with Gasteiger partial charge in [0.25, 0.3) is 5.91 Å². The van der Waals surface area contributed by atoms with Crippen molar-refractivity contribution in [3.8, 4) is 0 Å². The number of nitrogens with zero attached hydrogens (tertiary/aromatic N) is 1. The predicted molar refractivity (Wildman–Crippen MR) is 128 cm³/mol. The Hall–Kier alpha value is -3.61. The highest BCUT2D eigenvalue weighted by atomic mass is 16.2. The number of amides is 4. The number of hydrogen-bond acceptors (Lipinski definition) is 3. The number of imide groups is 1. The van der Waals surface area contributed by atoms with Gasteiger partial charge < -0.3 is 15.6 Å². The van der Waals surface area contributed by atoms with Crippen LogP contribution in [0.3, 0.4) is 0 Å². The smallest absolute Gasteiger partial charge is 0.324 e. The molecular weight excluding hydrogens is 416 g/mol. The van der Waals surface area contributed by atoms with Crippen molar-refractivity contribution >= 4 is 28.7 Å². The Balaban J connectivity index is 1.21. The van der Waals surface area contributed by atoms with Crippen LogP contribution in [0.5, 0.6) is 0 Å². The number of aryl methyl sites for hydroxylation is 1. The lowest BCUT2D eigenvalue weighted by Crippen LogP contribution is -2.36. The van der Waals surface area contributed by atoms with Crippen LogP contribution in [0.15, 0.2) is 60.8 Å². The van der Waals surface area contributed by atoms with Crippen molar-refractivity contribution in [1.82, 2.24) is 20.5 Å². The van der Waals surface area contributed by atoms with Gasteiger partial charge in [-0.2, -0.15) is 0 Å². The van der Waals surface area contributed by atoms with Crippen molar-refractivity contribution in [3.63, 3.8) is 0 Å². The fourth-order valence-electron chi connectivity index (χ4n) is 4.28. The summed E-state index contributed by atoms with van der Waals surface area (Å²) in [5.74, 6) is -0.361. The third-order valence-corrected chi connectivity index (χ3v) is 6.16. The molecule has 7 heteroatoms. The molecule has 33 heavy (non-hydrogen) atoms. The first-order valence-corrected chi connectivity index (χ1v) is 11.5. The molecule has 1 saturated heterocycles. The normalized spacial score (nSPS) is 16.8. The minimum Gasteiger partial charge on any atom is -0.361 e. The number of fused-ring (bicyclic) bond motifs is 1. The zero-order valence-electron chi connectivity index (χ0n) is 18.8. The number of H-pyrrole nitrogens is 1. The Kier molecular flexibility index (Phi) is 7.07. The molecule has 1 aromatic heterocycles. The van der Waals surface area contributed by atoms with E-state index in [0.717, 1.165) is 29.3 Å². The van der Waals surface area contributed by atoms with E-state index in [4.69, 9.17) is 0 Å². The summed E-state index contributed by atoms with van der Waals surface area (Å²) >= 11 is 0. The monoisotopic (exact) mass is 446 g/mol. The molecule has 1 aliphatic heterocycles. The van der Waals surface area contributed by atoms with Gasteiger partial charge in [-0.1, -0.05) is 48.5 Å². The number of aromatic amines is 1. The standard InChI is InChI=1S/C26H30N4O3/c1-18(11-12-19-7-3-2-4-8-19)28-24(31)14-13-23-25(32)30(26(33)29-23)16-15-20-17-27-22-10-6-5-9-21(20)22/h2-10,17-18,23,27H,11-16H2,1H3,(H,28,31)(H,29,33)/t18-,23+/m1/s1. The minimum atomic E-state index is -0.647. The quantitative estimate of drug-likeness (QED) is 0.416. The molecule has 2 heterocycles. The molecule has 0 radical (unpaired) electrons. The lowest BCUT2D eigenvalue weighted by atomic mass is 10.1. The first-order valence-electron chi connectivity index (χ1n) is 11.5. The molecule has 2 aromatic carbocycles. The maximum atomic E-state index is 12.7. The first-order chi connectivity index (χ1) is 16.0. The molecule has 0 spiro atoms. The summed E-state index contributed by atoms with van der Waals surface area (Å²) in [4.78, 5) is 41.9. The van der Waals surface area contributed by atoms with E-state index in [1.54, 1.807) is 0 Å². The maximum absolute atomic E-state index is 12.7. The zero-order chi connectivity index (χ0) is 23.2. The summed E-state index contributed by atoms with van der Waals surface area (Å²) in [5, 5.41) is 6.81. The highest BCUT2D eigenvalue weighted by molar-refractivity contribution is 6.04. The summed E-state index contributed by atoms with van der Waals surface area (Å²) in [6, 6.07) is 17.1. The Morgan fingerprint density at radius 2 is 1.82 bits per heavy atom. The number of para-hydroxylation sites is 1. The van der Waals surface area contributed by atoms with Crippen molar-refractivity contribution in [3.05, 3.63) is 71.9 Å². The zero-order valence-corrected chi connectivity index (χ0v) is 18.8. The molecule has 0 saturated carbocycles. The van der Waals surface area contributed by atoms with Gasteiger partial charge in [0.05, 0.1) is 0 Å². The van der Waals surface area contributed by atoms with Gasteiger partial charge in [-0.05, 0) is 49.8 Å². The molecule has 2 atom stereocenters. The lowest BCUT2D eigenvalue weighted by molar-refractivity contribution is -0.127. The number of urea groups is 1. The van der Waals surface area contributed by atoms with Crippen LogP contribution in [-0.2, 0) is 22.4 Å². The van der Waals surface area contributed by atoms with Crippen LogP contribution in [0.4, 0.5) is 4.79 Å².